The summed E-state index contributed by atoms with van der Waals surface area (Å²) < 4.78 is 42.0. The number of ether oxygens (including phenoxy) is 2. The van der Waals surface area contributed by atoms with Gasteiger partial charge in [0.15, 0.2) is 0 Å². The zero-order valence-corrected chi connectivity index (χ0v) is 20.7. The lowest BCUT2D eigenvalue weighted by Crippen LogP contribution is -2.33. The number of methoxy groups -OCH3 is 2. The van der Waals surface area contributed by atoms with Crippen molar-refractivity contribution >= 4 is 33.2 Å². The molecule has 10 heteroatoms. The van der Waals surface area contributed by atoms with Crippen molar-refractivity contribution in [2.75, 3.05) is 32.0 Å². The molecule has 1 amide bonds. The second kappa shape index (κ2) is 9.62. The Kier molecular flexibility index (Phi) is 7.29. The first-order chi connectivity index (χ1) is 15.1. The fraction of sp³-hybridized carbons (Fsp3) is 0.500. The summed E-state index contributed by atoms with van der Waals surface area (Å²) in [6.07, 6.45) is 3.96. The minimum atomic E-state index is -4.17. The van der Waals surface area contributed by atoms with Gasteiger partial charge in [-0.05, 0) is 26.7 Å². The van der Waals surface area contributed by atoms with Gasteiger partial charge in [0.25, 0.3) is 15.9 Å². The number of likely N-dealkylation sites (tertiary alicyclic amines) is 1. The van der Waals surface area contributed by atoms with E-state index in [0.29, 0.717) is 30.2 Å². The number of hydrogen-bond acceptors (Lipinski definition) is 5. The van der Waals surface area contributed by atoms with Gasteiger partial charge < -0.3 is 18.9 Å². The van der Waals surface area contributed by atoms with Crippen molar-refractivity contribution in [3.63, 3.8) is 0 Å². The van der Waals surface area contributed by atoms with E-state index in [1.807, 2.05) is 0 Å². The van der Waals surface area contributed by atoms with E-state index in [9.17, 15) is 13.2 Å². The van der Waals surface area contributed by atoms with Gasteiger partial charge in [0.05, 0.1) is 24.8 Å². The molecule has 1 aromatic carbocycles. The maximum Gasteiger partial charge on any atom is 0.264 e. The largest absolute Gasteiger partial charge is 0.497 e. The van der Waals surface area contributed by atoms with Gasteiger partial charge in [0.1, 0.15) is 22.1 Å². The summed E-state index contributed by atoms with van der Waals surface area (Å²) in [5.74, 6) is 0.378. The van der Waals surface area contributed by atoms with Crippen molar-refractivity contribution in [2.45, 2.75) is 44.4 Å². The Morgan fingerprint density at radius 1 is 1.03 bits per heavy atom. The lowest BCUT2D eigenvalue weighted by Gasteiger charge is -2.21. The standard InChI is InChI=1S/C22H30ClN3O5S/c1-14-19(22(27)26-10-8-6-7-9-11-26)21(15(2)25(14)3)32(28,29)24-20-17(23)12-16(30-4)13-18(20)31-5/h12-13,24H,6-11H2,1-5H3. The predicted octanol–water partition coefficient (Wildman–Crippen LogP) is 4.13. The molecule has 0 spiro atoms. The molecule has 0 saturated carbocycles. The van der Waals surface area contributed by atoms with Gasteiger partial charge in [-0.2, -0.15) is 0 Å². The third kappa shape index (κ3) is 4.54. The maximum absolute atomic E-state index is 13.6. The van der Waals surface area contributed by atoms with E-state index < -0.39 is 10.0 Å². The summed E-state index contributed by atoms with van der Waals surface area (Å²) in [7, 11) is 0.476. The quantitative estimate of drug-likeness (QED) is 0.667. The van der Waals surface area contributed by atoms with Crippen molar-refractivity contribution in [1.82, 2.24) is 9.47 Å². The molecule has 0 aliphatic carbocycles. The molecule has 3 rings (SSSR count). The van der Waals surface area contributed by atoms with Crippen LogP contribution in [0.2, 0.25) is 5.02 Å². The van der Waals surface area contributed by atoms with Crippen molar-refractivity contribution in [3.05, 3.63) is 34.1 Å². The number of anilines is 1. The highest BCUT2D eigenvalue weighted by atomic mass is 35.5. The van der Waals surface area contributed by atoms with Crippen molar-refractivity contribution < 1.29 is 22.7 Å². The Bertz CT molecular complexity index is 1120. The van der Waals surface area contributed by atoms with Gasteiger partial charge in [-0.1, -0.05) is 24.4 Å². The normalized spacial score (nSPS) is 14.8. The first kappa shape index (κ1) is 24.3. The number of rotatable bonds is 6. The summed E-state index contributed by atoms with van der Waals surface area (Å²) in [5, 5.41) is 0.121. The molecule has 0 radical (unpaired) electrons. The number of benzene rings is 1. The summed E-state index contributed by atoms with van der Waals surface area (Å²) in [4.78, 5) is 15.2. The second-order valence-corrected chi connectivity index (χ2v) is 9.96. The van der Waals surface area contributed by atoms with Crippen LogP contribution in [0.25, 0.3) is 0 Å². The average Bonchev–Trinajstić information content (AvgIpc) is 2.95. The van der Waals surface area contributed by atoms with Crippen LogP contribution >= 0.6 is 11.6 Å². The van der Waals surface area contributed by atoms with Crippen LogP contribution in [0.3, 0.4) is 0 Å². The Balaban J connectivity index is 2.09. The molecule has 8 nitrogen and oxygen atoms in total. The number of halogens is 1. The van der Waals surface area contributed by atoms with Crippen LogP contribution in [-0.4, -0.2) is 51.1 Å². The Morgan fingerprint density at radius 2 is 1.66 bits per heavy atom. The zero-order chi connectivity index (χ0) is 23.6. The number of hydrogen-bond donors (Lipinski definition) is 1. The molecular formula is C22H30ClN3O5S. The molecule has 2 heterocycles. The van der Waals surface area contributed by atoms with Crippen LogP contribution in [0.4, 0.5) is 5.69 Å². The summed E-state index contributed by atoms with van der Waals surface area (Å²) in [6.45, 7) is 4.69. The van der Waals surface area contributed by atoms with Gasteiger partial charge in [0, 0.05) is 43.7 Å². The van der Waals surface area contributed by atoms with Gasteiger partial charge in [-0.25, -0.2) is 8.42 Å². The molecular weight excluding hydrogens is 454 g/mol. The van der Waals surface area contributed by atoms with E-state index in [2.05, 4.69) is 4.72 Å². The highest BCUT2D eigenvalue weighted by Gasteiger charge is 2.34. The zero-order valence-electron chi connectivity index (χ0n) is 19.1. The number of carbonyl (C=O) groups is 1. The lowest BCUT2D eigenvalue weighted by molar-refractivity contribution is 0.0757. The summed E-state index contributed by atoms with van der Waals surface area (Å²) >= 11 is 6.34. The van der Waals surface area contributed by atoms with E-state index in [-0.39, 0.29) is 32.8 Å². The molecule has 32 heavy (non-hydrogen) atoms. The smallest absolute Gasteiger partial charge is 0.264 e. The fourth-order valence-electron chi connectivity index (χ4n) is 4.05. The average molecular weight is 484 g/mol. The molecule has 176 valence electrons. The van der Waals surface area contributed by atoms with E-state index in [1.54, 1.807) is 30.4 Å². The molecule has 1 N–H and O–H groups in total. The Hall–Kier alpha value is -2.39. The fourth-order valence-corrected chi connectivity index (χ4v) is 5.97. The molecule has 0 bridgehead atoms. The topological polar surface area (TPSA) is 89.9 Å². The maximum atomic E-state index is 13.6. The van der Waals surface area contributed by atoms with E-state index in [0.717, 1.165) is 25.7 Å². The molecule has 2 aromatic rings. The van der Waals surface area contributed by atoms with E-state index in [4.69, 9.17) is 21.1 Å². The van der Waals surface area contributed by atoms with Crippen LogP contribution in [0.1, 0.15) is 47.4 Å². The van der Waals surface area contributed by atoms with Crippen LogP contribution < -0.4 is 14.2 Å². The first-order valence-corrected chi connectivity index (χ1v) is 12.4. The van der Waals surface area contributed by atoms with Gasteiger partial charge in [-0.15, -0.1) is 0 Å². The molecule has 1 fully saturated rings. The van der Waals surface area contributed by atoms with E-state index >= 15 is 0 Å². The van der Waals surface area contributed by atoms with Gasteiger partial charge in [-0.3, -0.25) is 9.52 Å². The molecule has 1 aliphatic heterocycles. The Morgan fingerprint density at radius 3 is 2.22 bits per heavy atom. The number of aromatic nitrogens is 1. The molecule has 0 unspecified atom stereocenters. The first-order valence-electron chi connectivity index (χ1n) is 10.5. The number of sulfonamides is 1. The van der Waals surface area contributed by atoms with Crippen LogP contribution in [0, 0.1) is 13.8 Å². The molecule has 1 aliphatic rings. The summed E-state index contributed by atoms with van der Waals surface area (Å²) in [5.41, 5.74) is 1.36. The van der Waals surface area contributed by atoms with Gasteiger partial charge in [0.2, 0.25) is 0 Å². The lowest BCUT2D eigenvalue weighted by atomic mass is 10.2. The highest BCUT2D eigenvalue weighted by molar-refractivity contribution is 7.92. The van der Waals surface area contributed by atoms with Crippen molar-refractivity contribution in [3.8, 4) is 11.5 Å². The predicted molar refractivity (Wildman–Crippen MR) is 125 cm³/mol. The van der Waals surface area contributed by atoms with Crippen LogP contribution in [0.15, 0.2) is 17.0 Å². The highest BCUT2D eigenvalue weighted by Crippen LogP contribution is 2.39. The van der Waals surface area contributed by atoms with Crippen LogP contribution in [-0.2, 0) is 17.1 Å². The molecule has 1 aromatic heterocycles. The minimum Gasteiger partial charge on any atom is -0.497 e. The molecule has 0 atom stereocenters. The minimum absolute atomic E-state index is 0.0410. The Labute approximate surface area is 194 Å². The number of carbonyl (C=O) groups excluding carboxylic acids is 1. The monoisotopic (exact) mass is 483 g/mol. The summed E-state index contributed by atoms with van der Waals surface area (Å²) in [6, 6.07) is 3.03. The third-order valence-electron chi connectivity index (χ3n) is 6.02. The second-order valence-electron chi connectivity index (χ2n) is 7.93. The van der Waals surface area contributed by atoms with Crippen molar-refractivity contribution in [1.29, 1.82) is 0 Å². The van der Waals surface area contributed by atoms with Gasteiger partial charge >= 0.3 is 0 Å². The van der Waals surface area contributed by atoms with Crippen molar-refractivity contribution in [2.24, 2.45) is 7.05 Å². The number of nitrogens with zero attached hydrogens (tertiary/aromatic N) is 2. The number of amides is 1. The number of nitrogens with one attached hydrogen (secondary N) is 1. The third-order valence-corrected chi connectivity index (χ3v) is 7.83. The molecule has 1 saturated heterocycles. The SMILES string of the molecule is COc1cc(Cl)c(NS(=O)(=O)c2c(C(=O)N3CCCCCC3)c(C)n(C)c2C)c(OC)c1. The van der Waals surface area contributed by atoms with Crippen LogP contribution in [0.5, 0.6) is 11.5 Å². The van der Waals surface area contributed by atoms with E-state index in [1.165, 1.54) is 26.4 Å².